The number of aliphatic hydroxyl groups excluding tert-OH is 1. The van der Waals surface area contributed by atoms with Crippen molar-refractivity contribution in [1.82, 2.24) is 4.72 Å². The van der Waals surface area contributed by atoms with E-state index < -0.39 is 16.1 Å². The first-order chi connectivity index (χ1) is 8.74. The molecule has 108 valence electrons. The van der Waals surface area contributed by atoms with Gasteiger partial charge in [0.2, 0.25) is 10.0 Å². The predicted molar refractivity (Wildman–Crippen MR) is 77.1 cm³/mol. The van der Waals surface area contributed by atoms with Crippen molar-refractivity contribution in [3.63, 3.8) is 0 Å². The summed E-state index contributed by atoms with van der Waals surface area (Å²) in [7, 11) is -3.71. The molecule has 7 heteroatoms. The second-order valence-electron chi connectivity index (χ2n) is 4.57. The van der Waals surface area contributed by atoms with Crippen molar-refractivity contribution in [1.29, 1.82) is 0 Å². The van der Waals surface area contributed by atoms with Gasteiger partial charge in [-0.05, 0) is 30.5 Å². The van der Waals surface area contributed by atoms with Gasteiger partial charge in [0.15, 0.2) is 0 Å². The molecule has 0 saturated heterocycles. The van der Waals surface area contributed by atoms with Crippen LogP contribution in [0.25, 0.3) is 0 Å². The summed E-state index contributed by atoms with van der Waals surface area (Å²) in [5.74, 6) is 0.0826. The lowest BCUT2D eigenvalue weighted by Gasteiger charge is -2.15. The third kappa shape index (κ3) is 4.93. The van der Waals surface area contributed by atoms with Gasteiger partial charge < -0.3 is 5.11 Å². The van der Waals surface area contributed by atoms with E-state index in [1.54, 1.807) is 0 Å². The Hall–Kier alpha value is -0.330. The topological polar surface area (TPSA) is 66.4 Å². The molecule has 1 unspecified atom stereocenters. The summed E-state index contributed by atoms with van der Waals surface area (Å²) in [6.07, 6.45) is -0.202. The fourth-order valence-corrected chi connectivity index (χ4v) is 3.24. The van der Waals surface area contributed by atoms with E-state index in [9.17, 15) is 13.5 Å². The van der Waals surface area contributed by atoms with E-state index in [-0.39, 0.29) is 22.4 Å². The Labute approximate surface area is 123 Å². The monoisotopic (exact) mass is 325 g/mol. The van der Waals surface area contributed by atoms with Gasteiger partial charge in [0.1, 0.15) is 4.90 Å². The third-order valence-corrected chi connectivity index (χ3v) is 4.86. The lowest BCUT2D eigenvalue weighted by Crippen LogP contribution is -2.29. The molecule has 0 aliphatic heterocycles. The van der Waals surface area contributed by atoms with Crippen LogP contribution in [0.15, 0.2) is 23.1 Å². The molecule has 2 N–H and O–H groups in total. The zero-order valence-corrected chi connectivity index (χ0v) is 13.1. The molecule has 1 rings (SSSR count). The van der Waals surface area contributed by atoms with Crippen LogP contribution in [0.2, 0.25) is 10.0 Å². The van der Waals surface area contributed by atoms with Gasteiger partial charge in [-0.25, -0.2) is 13.1 Å². The molecule has 4 nitrogen and oxygen atoms in total. The van der Waals surface area contributed by atoms with E-state index in [0.29, 0.717) is 11.4 Å². The summed E-state index contributed by atoms with van der Waals surface area (Å²) in [6.45, 7) is 3.88. The Bertz CT molecular complexity index is 532. The van der Waals surface area contributed by atoms with E-state index in [1.165, 1.54) is 18.2 Å². The van der Waals surface area contributed by atoms with Crippen LogP contribution in [0.3, 0.4) is 0 Å². The summed E-state index contributed by atoms with van der Waals surface area (Å²) < 4.78 is 26.4. The first-order valence-corrected chi connectivity index (χ1v) is 8.10. The Kier molecular flexibility index (Phi) is 6.08. The van der Waals surface area contributed by atoms with Crippen LogP contribution in [0.5, 0.6) is 0 Å². The van der Waals surface area contributed by atoms with Gasteiger partial charge in [0, 0.05) is 11.6 Å². The van der Waals surface area contributed by atoms with Crippen molar-refractivity contribution in [3.05, 3.63) is 28.2 Å². The maximum absolute atomic E-state index is 12.0. The largest absolute Gasteiger partial charge is 0.393 e. The van der Waals surface area contributed by atoms with E-state index in [1.807, 2.05) is 13.8 Å². The molecule has 0 aliphatic carbocycles. The minimum atomic E-state index is -3.71. The first-order valence-electron chi connectivity index (χ1n) is 5.87. The summed E-state index contributed by atoms with van der Waals surface area (Å²) in [5.41, 5.74) is 0. The Balaban J connectivity index is 2.74. The quantitative estimate of drug-likeness (QED) is 0.845. The van der Waals surface area contributed by atoms with Crippen LogP contribution < -0.4 is 4.72 Å². The second kappa shape index (κ2) is 6.90. The zero-order valence-electron chi connectivity index (χ0n) is 10.7. The SMILES string of the molecule is CC(C)C(O)CCNS(=O)(=O)c1cc(Cl)ccc1Cl. The Morgan fingerprint density at radius 1 is 1.32 bits per heavy atom. The van der Waals surface area contributed by atoms with Gasteiger partial charge in [-0.15, -0.1) is 0 Å². The first kappa shape index (κ1) is 16.7. The molecule has 0 saturated carbocycles. The van der Waals surface area contributed by atoms with Crippen molar-refractivity contribution in [2.75, 3.05) is 6.54 Å². The zero-order chi connectivity index (χ0) is 14.6. The third-order valence-electron chi connectivity index (χ3n) is 2.68. The fraction of sp³-hybridized carbons (Fsp3) is 0.500. The number of hydrogen-bond acceptors (Lipinski definition) is 3. The number of benzene rings is 1. The van der Waals surface area contributed by atoms with Gasteiger partial charge >= 0.3 is 0 Å². The molecule has 0 fully saturated rings. The average molecular weight is 326 g/mol. The van der Waals surface area contributed by atoms with E-state index in [4.69, 9.17) is 23.2 Å². The molecular formula is C12H17Cl2NO3S. The predicted octanol–water partition coefficient (Wildman–Crippen LogP) is 2.68. The van der Waals surface area contributed by atoms with Crippen LogP contribution in [-0.4, -0.2) is 26.2 Å². The summed E-state index contributed by atoms with van der Waals surface area (Å²) in [5, 5.41) is 10.0. The maximum Gasteiger partial charge on any atom is 0.242 e. The highest BCUT2D eigenvalue weighted by Crippen LogP contribution is 2.24. The molecule has 0 heterocycles. The molecular weight excluding hydrogens is 309 g/mol. The highest BCUT2D eigenvalue weighted by molar-refractivity contribution is 7.89. The van der Waals surface area contributed by atoms with Gasteiger partial charge in [0.05, 0.1) is 11.1 Å². The van der Waals surface area contributed by atoms with Crippen molar-refractivity contribution in [2.24, 2.45) is 5.92 Å². The minimum Gasteiger partial charge on any atom is -0.393 e. The van der Waals surface area contributed by atoms with Crippen LogP contribution in [0, 0.1) is 5.92 Å². The molecule has 19 heavy (non-hydrogen) atoms. The summed E-state index contributed by atoms with van der Waals surface area (Å²) >= 11 is 11.6. The van der Waals surface area contributed by atoms with Gasteiger partial charge in [-0.1, -0.05) is 37.0 Å². The lowest BCUT2D eigenvalue weighted by atomic mass is 10.1. The smallest absolute Gasteiger partial charge is 0.242 e. The Morgan fingerprint density at radius 2 is 1.95 bits per heavy atom. The fourth-order valence-electron chi connectivity index (χ4n) is 1.44. The highest BCUT2D eigenvalue weighted by atomic mass is 35.5. The van der Waals surface area contributed by atoms with Crippen LogP contribution >= 0.6 is 23.2 Å². The molecule has 0 radical (unpaired) electrons. The number of rotatable bonds is 6. The van der Waals surface area contributed by atoms with E-state index in [2.05, 4.69) is 4.72 Å². The molecule has 1 aromatic carbocycles. The van der Waals surface area contributed by atoms with Crippen LogP contribution in [0.4, 0.5) is 0 Å². The molecule has 1 aromatic rings. The normalized spacial score (nSPS) is 13.8. The molecule has 0 amide bonds. The number of halogens is 2. The number of hydrogen-bond donors (Lipinski definition) is 2. The summed E-state index contributed by atoms with van der Waals surface area (Å²) in [6, 6.07) is 4.25. The van der Waals surface area contributed by atoms with E-state index >= 15 is 0 Å². The molecule has 0 aliphatic rings. The Morgan fingerprint density at radius 3 is 2.53 bits per heavy atom. The van der Waals surface area contributed by atoms with Gasteiger partial charge in [0.25, 0.3) is 0 Å². The van der Waals surface area contributed by atoms with Crippen molar-refractivity contribution in [3.8, 4) is 0 Å². The van der Waals surface area contributed by atoms with Gasteiger partial charge in [-0.2, -0.15) is 0 Å². The lowest BCUT2D eigenvalue weighted by molar-refractivity contribution is 0.118. The maximum atomic E-state index is 12.0. The second-order valence-corrected chi connectivity index (χ2v) is 7.15. The minimum absolute atomic E-state index is 0.0549. The van der Waals surface area contributed by atoms with Crippen molar-refractivity contribution >= 4 is 33.2 Å². The average Bonchev–Trinajstić information content (AvgIpc) is 2.31. The highest BCUT2D eigenvalue weighted by Gasteiger charge is 2.19. The summed E-state index contributed by atoms with van der Waals surface area (Å²) in [4.78, 5) is -0.0549. The van der Waals surface area contributed by atoms with E-state index in [0.717, 1.165) is 0 Å². The number of nitrogens with one attached hydrogen (secondary N) is 1. The molecule has 0 bridgehead atoms. The van der Waals surface area contributed by atoms with Crippen molar-refractivity contribution in [2.45, 2.75) is 31.3 Å². The molecule has 1 atom stereocenters. The molecule has 0 aromatic heterocycles. The number of aliphatic hydroxyl groups is 1. The van der Waals surface area contributed by atoms with Crippen LogP contribution in [-0.2, 0) is 10.0 Å². The molecule has 0 spiro atoms. The van der Waals surface area contributed by atoms with Crippen LogP contribution in [0.1, 0.15) is 20.3 Å². The standard InChI is InChI=1S/C12H17Cl2NO3S/c1-8(2)11(16)5-6-15-19(17,18)12-7-9(13)3-4-10(12)14/h3-4,7-8,11,15-16H,5-6H2,1-2H3. The van der Waals surface area contributed by atoms with Crippen molar-refractivity contribution < 1.29 is 13.5 Å². The van der Waals surface area contributed by atoms with Gasteiger partial charge in [-0.3, -0.25) is 0 Å². The number of sulfonamides is 1.